The number of halogens is 2. The standard InChI is InChI=1S/C23H26ClFN8O/c1-14(2)30-22-28-10-16-6-8-33(12-20(16)31-22)23(34)32-19(11-27-21-5-7-26-13-29-21)15-3-4-18(25)17(24)9-15/h3-5,7,9-10,13-14,19H,6,8,11-12H2,1-2H3,(H,32,34)(H,26,27,29)(H,28,30,31). The first-order valence-corrected chi connectivity index (χ1v) is 11.4. The molecule has 1 unspecified atom stereocenters. The fraction of sp³-hybridized carbons (Fsp3) is 0.348. The molecule has 9 nitrogen and oxygen atoms in total. The van der Waals surface area contributed by atoms with Crippen LogP contribution < -0.4 is 16.0 Å². The summed E-state index contributed by atoms with van der Waals surface area (Å²) < 4.78 is 13.7. The van der Waals surface area contributed by atoms with Crippen molar-refractivity contribution in [2.24, 2.45) is 0 Å². The van der Waals surface area contributed by atoms with Gasteiger partial charge in [-0.2, -0.15) is 0 Å². The summed E-state index contributed by atoms with van der Waals surface area (Å²) in [6.07, 6.45) is 5.53. The second kappa shape index (κ2) is 10.6. The smallest absolute Gasteiger partial charge is 0.318 e. The third kappa shape index (κ3) is 5.88. The molecule has 34 heavy (non-hydrogen) atoms. The minimum Gasteiger partial charge on any atom is -0.368 e. The molecule has 4 rings (SSSR count). The molecule has 1 aliphatic heterocycles. The van der Waals surface area contributed by atoms with Crippen LogP contribution in [0.5, 0.6) is 0 Å². The number of fused-ring (bicyclic) bond motifs is 1. The number of anilines is 2. The number of hydrogen-bond acceptors (Lipinski definition) is 7. The number of urea groups is 1. The van der Waals surface area contributed by atoms with Crippen LogP contribution in [0.25, 0.3) is 0 Å². The number of carbonyl (C=O) groups is 1. The van der Waals surface area contributed by atoms with E-state index in [9.17, 15) is 9.18 Å². The highest BCUT2D eigenvalue weighted by Gasteiger charge is 2.25. The van der Waals surface area contributed by atoms with Crippen molar-refractivity contribution in [1.29, 1.82) is 0 Å². The summed E-state index contributed by atoms with van der Waals surface area (Å²) >= 11 is 6.01. The van der Waals surface area contributed by atoms with Gasteiger partial charge in [0.15, 0.2) is 0 Å². The summed E-state index contributed by atoms with van der Waals surface area (Å²) in [6.45, 7) is 5.25. The number of hydrogen-bond donors (Lipinski definition) is 3. The lowest BCUT2D eigenvalue weighted by molar-refractivity contribution is 0.187. The van der Waals surface area contributed by atoms with Crippen molar-refractivity contribution < 1.29 is 9.18 Å². The highest BCUT2D eigenvalue weighted by molar-refractivity contribution is 6.30. The lowest BCUT2D eigenvalue weighted by Crippen LogP contribution is -2.45. The average Bonchev–Trinajstić information content (AvgIpc) is 2.83. The van der Waals surface area contributed by atoms with E-state index < -0.39 is 11.9 Å². The zero-order chi connectivity index (χ0) is 24.1. The van der Waals surface area contributed by atoms with Crippen LogP contribution in [0.2, 0.25) is 5.02 Å². The van der Waals surface area contributed by atoms with Gasteiger partial charge >= 0.3 is 6.03 Å². The molecule has 0 saturated heterocycles. The molecule has 3 aromatic rings. The SMILES string of the molecule is CC(C)Nc1ncc2c(n1)CN(C(=O)NC(CNc1ccncn1)c1ccc(F)c(Cl)c1)CC2. The Morgan fingerprint density at radius 1 is 1.26 bits per heavy atom. The zero-order valence-corrected chi connectivity index (χ0v) is 19.7. The number of aromatic nitrogens is 4. The highest BCUT2D eigenvalue weighted by Crippen LogP contribution is 2.23. The van der Waals surface area contributed by atoms with Crippen LogP contribution in [0, 0.1) is 5.82 Å². The Labute approximate surface area is 202 Å². The predicted molar refractivity (Wildman–Crippen MR) is 128 cm³/mol. The summed E-state index contributed by atoms with van der Waals surface area (Å²) in [7, 11) is 0. The van der Waals surface area contributed by atoms with E-state index in [1.807, 2.05) is 20.0 Å². The van der Waals surface area contributed by atoms with Crippen molar-refractivity contribution in [3.63, 3.8) is 0 Å². The Kier molecular flexibility index (Phi) is 7.36. The van der Waals surface area contributed by atoms with Gasteiger partial charge in [-0.3, -0.25) is 0 Å². The van der Waals surface area contributed by atoms with E-state index in [2.05, 4.69) is 35.9 Å². The molecule has 0 fully saturated rings. The van der Waals surface area contributed by atoms with Crippen LogP contribution >= 0.6 is 11.6 Å². The third-order valence-corrected chi connectivity index (χ3v) is 5.65. The van der Waals surface area contributed by atoms with Crippen LogP contribution in [0.1, 0.15) is 36.7 Å². The van der Waals surface area contributed by atoms with Gasteiger partial charge in [-0.1, -0.05) is 17.7 Å². The van der Waals surface area contributed by atoms with Crippen LogP contribution in [0.4, 0.5) is 21.0 Å². The monoisotopic (exact) mass is 484 g/mol. The first-order valence-electron chi connectivity index (χ1n) is 11.0. The molecule has 0 radical (unpaired) electrons. The van der Waals surface area contributed by atoms with Gasteiger partial charge in [-0.15, -0.1) is 0 Å². The van der Waals surface area contributed by atoms with E-state index >= 15 is 0 Å². The molecule has 2 aromatic heterocycles. The Morgan fingerprint density at radius 2 is 2.12 bits per heavy atom. The minimum atomic E-state index is -0.516. The van der Waals surface area contributed by atoms with Crippen molar-refractivity contribution in [2.75, 3.05) is 23.7 Å². The van der Waals surface area contributed by atoms with Crippen molar-refractivity contribution in [3.05, 3.63) is 70.6 Å². The van der Waals surface area contributed by atoms with Gasteiger partial charge in [0.1, 0.15) is 18.0 Å². The lowest BCUT2D eigenvalue weighted by Gasteiger charge is -2.30. The molecule has 0 aliphatic carbocycles. The van der Waals surface area contributed by atoms with Gasteiger partial charge in [-0.25, -0.2) is 29.1 Å². The summed E-state index contributed by atoms with van der Waals surface area (Å²) in [5.41, 5.74) is 2.52. The molecular weight excluding hydrogens is 459 g/mol. The molecule has 3 N–H and O–H groups in total. The van der Waals surface area contributed by atoms with Crippen LogP contribution in [-0.4, -0.2) is 50.0 Å². The summed E-state index contributed by atoms with van der Waals surface area (Å²) in [4.78, 5) is 31.9. The number of nitrogens with one attached hydrogen (secondary N) is 3. The van der Waals surface area contributed by atoms with Crippen molar-refractivity contribution in [2.45, 2.75) is 38.9 Å². The second-order valence-corrected chi connectivity index (χ2v) is 8.69. The van der Waals surface area contributed by atoms with Crippen LogP contribution in [0.3, 0.4) is 0 Å². The van der Waals surface area contributed by atoms with E-state index in [1.54, 1.807) is 23.2 Å². The quantitative estimate of drug-likeness (QED) is 0.468. The fourth-order valence-corrected chi connectivity index (χ4v) is 3.82. The Hall–Kier alpha value is -3.53. The van der Waals surface area contributed by atoms with E-state index in [-0.39, 0.29) is 17.1 Å². The van der Waals surface area contributed by atoms with Crippen LogP contribution in [0.15, 0.2) is 43.0 Å². The molecule has 0 bridgehead atoms. The van der Waals surface area contributed by atoms with E-state index in [0.717, 1.165) is 11.3 Å². The van der Waals surface area contributed by atoms with E-state index in [4.69, 9.17) is 11.6 Å². The highest BCUT2D eigenvalue weighted by atomic mass is 35.5. The van der Waals surface area contributed by atoms with E-state index in [1.165, 1.54) is 18.5 Å². The number of rotatable bonds is 7. The molecule has 1 aromatic carbocycles. The predicted octanol–water partition coefficient (Wildman–Crippen LogP) is 3.80. The first kappa shape index (κ1) is 23.6. The fourth-order valence-electron chi connectivity index (χ4n) is 3.63. The molecule has 1 atom stereocenters. The summed E-state index contributed by atoms with van der Waals surface area (Å²) in [6, 6.07) is 5.61. The Balaban J connectivity index is 1.49. The molecular formula is C23H26ClFN8O. The first-order chi connectivity index (χ1) is 16.4. The maximum absolute atomic E-state index is 13.7. The van der Waals surface area contributed by atoms with Gasteiger partial charge in [0, 0.05) is 31.5 Å². The Bertz CT molecular complexity index is 1150. The van der Waals surface area contributed by atoms with Crippen molar-refractivity contribution >= 4 is 29.4 Å². The third-order valence-electron chi connectivity index (χ3n) is 5.36. The summed E-state index contributed by atoms with van der Waals surface area (Å²) in [5.74, 6) is 0.637. The van der Waals surface area contributed by atoms with Crippen molar-refractivity contribution in [1.82, 2.24) is 30.2 Å². The average molecular weight is 485 g/mol. The largest absolute Gasteiger partial charge is 0.368 e. The normalized spacial score (nSPS) is 13.9. The van der Waals surface area contributed by atoms with Crippen LogP contribution in [-0.2, 0) is 13.0 Å². The van der Waals surface area contributed by atoms with Gasteiger partial charge < -0.3 is 20.9 Å². The molecule has 11 heteroatoms. The number of nitrogens with zero attached hydrogens (tertiary/aromatic N) is 5. The molecule has 0 saturated carbocycles. The number of amides is 2. The topological polar surface area (TPSA) is 108 Å². The van der Waals surface area contributed by atoms with Gasteiger partial charge in [0.25, 0.3) is 0 Å². The van der Waals surface area contributed by atoms with E-state index in [0.29, 0.717) is 43.4 Å². The molecule has 178 valence electrons. The minimum absolute atomic E-state index is 0.00688. The van der Waals surface area contributed by atoms with Gasteiger partial charge in [-0.05, 0) is 49.6 Å². The maximum Gasteiger partial charge on any atom is 0.318 e. The summed E-state index contributed by atoms with van der Waals surface area (Å²) in [5, 5.41) is 9.40. The molecule has 0 spiro atoms. The number of carbonyl (C=O) groups excluding carboxylic acids is 1. The lowest BCUT2D eigenvalue weighted by atomic mass is 10.1. The zero-order valence-electron chi connectivity index (χ0n) is 18.9. The molecule has 2 amide bonds. The van der Waals surface area contributed by atoms with Gasteiger partial charge in [0.2, 0.25) is 5.95 Å². The maximum atomic E-state index is 13.7. The van der Waals surface area contributed by atoms with Gasteiger partial charge in [0.05, 0.1) is 23.3 Å². The van der Waals surface area contributed by atoms with Crippen molar-refractivity contribution in [3.8, 4) is 0 Å². The molecule has 1 aliphatic rings. The number of benzene rings is 1. The second-order valence-electron chi connectivity index (χ2n) is 8.29. The Morgan fingerprint density at radius 3 is 2.85 bits per heavy atom. The molecule has 3 heterocycles.